The summed E-state index contributed by atoms with van der Waals surface area (Å²) >= 11 is 0. The van der Waals surface area contributed by atoms with Crippen molar-refractivity contribution in [3.63, 3.8) is 0 Å². The molecular formula is C11H23N. The van der Waals surface area contributed by atoms with E-state index in [1.165, 1.54) is 38.8 Å². The Hall–Kier alpha value is -0.0400. The zero-order valence-electron chi connectivity index (χ0n) is 8.82. The Labute approximate surface area is 76.9 Å². The Morgan fingerprint density at radius 1 is 1.08 bits per heavy atom. The van der Waals surface area contributed by atoms with Crippen LogP contribution in [0.15, 0.2) is 0 Å². The zero-order valence-corrected chi connectivity index (χ0v) is 8.82. The fraction of sp³-hybridized carbons (Fsp3) is 1.00. The van der Waals surface area contributed by atoms with Gasteiger partial charge in [-0.05, 0) is 50.1 Å². The number of hydrogen-bond acceptors (Lipinski definition) is 1. The Kier molecular flexibility index (Phi) is 3.57. The minimum absolute atomic E-state index is 0.810. The van der Waals surface area contributed by atoms with E-state index in [0.717, 1.165) is 11.3 Å². The van der Waals surface area contributed by atoms with Gasteiger partial charge in [0, 0.05) is 0 Å². The maximum Gasteiger partial charge on any atom is -0.00436 e. The first-order valence-electron chi connectivity index (χ1n) is 5.52. The molecule has 2 aliphatic rings. The van der Waals surface area contributed by atoms with Crippen molar-refractivity contribution in [2.75, 3.05) is 13.1 Å². The second-order valence-corrected chi connectivity index (χ2v) is 4.26. The van der Waals surface area contributed by atoms with Gasteiger partial charge in [-0.3, -0.25) is 0 Å². The summed E-state index contributed by atoms with van der Waals surface area (Å²) in [6.07, 6.45) is 5.90. The molecule has 2 rings (SSSR count). The van der Waals surface area contributed by atoms with E-state index in [2.05, 4.69) is 12.2 Å². The third-order valence-electron chi connectivity index (χ3n) is 3.23. The molecule has 0 bridgehead atoms. The van der Waals surface area contributed by atoms with Gasteiger partial charge in [-0.1, -0.05) is 20.8 Å². The molecular weight excluding hydrogens is 146 g/mol. The van der Waals surface area contributed by atoms with Gasteiger partial charge in [0.2, 0.25) is 0 Å². The smallest absolute Gasteiger partial charge is 0.00436 e. The number of hydrogen-bond donors (Lipinski definition) is 1. The fourth-order valence-electron chi connectivity index (χ4n) is 2.78. The normalized spacial score (nSPS) is 27.2. The lowest BCUT2D eigenvalue weighted by molar-refractivity contribution is 0.0315. The van der Waals surface area contributed by atoms with Crippen molar-refractivity contribution in [3.05, 3.63) is 0 Å². The van der Waals surface area contributed by atoms with E-state index in [-0.39, 0.29) is 0 Å². The number of nitrogens with one attached hydrogen (secondary N) is 1. The van der Waals surface area contributed by atoms with Crippen LogP contribution in [0.25, 0.3) is 0 Å². The molecule has 0 amide bonds. The Morgan fingerprint density at radius 3 is 2.00 bits per heavy atom. The highest BCUT2D eigenvalue weighted by Crippen LogP contribution is 2.51. The van der Waals surface area contributed by atoms with Gasteiger partial charge < -0.3 is 5.32 Å². The van der Waals surface area contributed by atoms with Crippen molar-refractivity contribution >= 4 is 0 Å². The lowest BCUT2D eigenvalue weighted by atomic mass is 9.58. The van der Waals surface area contributed by atoms with Crippen LogP contribution in [0.3, 0.4) is 0 Å². The zero-order chi connectivity index (χ0) is 9.03. The second kappa shape index (κ2) is 4.27. The molecule has 1 saturated heterocycles. The molecule has 72 valence electrons. The predicted octanol–water partition coefficient (Wildman–Crippen LogP) is 2.81. The highest BCUT2D eigenvalue weighted by Gasteiger charge is 2.41. The lowest BCUT2D eigenvalue weighted by Crippen LogP contribution is -2.44. The number of piperidine rings is 1. The van der Waals surface area contributed by atoms with Crippen LogP contribution in [0.1, 0.15) is 46.5 Å². The van der Waals surface area contributed by atoms with Crippen molar-refractivity contribution in [1.29, 1.82) is 0 Å². The highest BCUT2D eigenvalue weighted by atomic mass is 14.9. The average molecular weight is 169 g/mol. The van der Waals surface area contributed by atoms with E-state index in [1.54, 1.807) is 0 Å². The highest BCUT2D eigenvalue weighted by molar-refractivity contribution is 4.94. The van der Waals surface area contributed by atoms with Crippen LogP contribution >= 0.6 is 0 Å². The molecule has 1 aliphatic carbocycles. The molecule has 2 fully saturated rings. The summed E-state index contributed by atoms with van der Waals surface area (Å²) in [5.41, 5.74) is 0.810. The molecule has 1 aliphatic heterocycles. The summed E-state index contributed by atoms with van der Waals surface area (Å²) in [6.45, 7) is 8.92. The first kappa shape index (κ1) is 10.0. The van der Waals surface area contributed by atoms with E-state index in [0.29, 0.717) is 0 Å². The molecule has 0 radical (unpaired) electrons. The predicted molar refractivity (Wildman–Crippen MR) is 54.3 cm³/mol. The van der Waals surface area contributed by atoms with E-state index in [9.17, 15) is 0 Å². The first-order chi connectivity index (χ1) is 5.81. The van der Waals surface area contributed by atoms with Gasteiger partial charge in [0.05, 0.1) is 0 Å². The van der Waals surface area contributed by atoms with Gasteiger partial charge in [-0.15, -0.1) is 0 Å². The van der Waals surface area contributed by atoms with E-state index in [4.69, 9.17) is 0 Å². The van der Waals surface area contributed by atoms with E-state index >= 15 is 0 Å². The van der Waals surface area contributed by atoms with Gasteiger partial charge in [-0.2, -0.15) is 0 Å². The molecule has 1 spiro atoms. The van der Waals surface area contributed by atoms with Gasteiger partial charge in [0.25, 0.3) is 0 Å². The Bertz CT molecular complexity index is 109. The molecule has 1 nitrogen and oxygen atoms in total. The second-order valence-electron chi connectivity index (χ2n) is 4.26. The van der Waals surface area contributed by atoms with Crippen molar-refractivity contribution < 1.29 is 0 Å². The molecule has 0 atom stereocenters. The molecule has 0 aromatic carbocycles. The number of rotatable bonds is 0. The van der Waals surface area contributed by atoms with E-state index < -0.39 is 0 Å². The van der Waals surface area contributed by atoms with Crippen LogP contribution in [0.5, 0.6) is 0 Å². The average Bonchev–Trinajstić information content (AvgIpc) is 2.08. The van der Waals surface area contributed by atoms with Crippen molar-refractivity contribution in [2.45, 2.75) is 46.5 Å². The molecule has 0 unspecified atom stereocenters. The summed E-state index contributed by atoms with van der Waals surface area (Å²) in [5, 5.41) is 3.42. The van der Waals surface area contributed by atoms with Crippen molar-refractivity contribution in [2.24, 2.45) is 11.3 Å². The monoisotopic (exact) mass is 169 g/mol. The molecule has 1 heteroatoms. The van der Waals surface area contributed by atoms with Crippen LogP contribution in [0.2, 0.25) is 0 Å². The van der Waals surface area contributed by atoms with Crippen LogP contribution in [0, 0.1) is 11.3 Å². The third kappa shape index (κ3) is 2.01. The largest absolute Gasteiger partial charge is 0.317 e. The topological polar surface area (TPSA) is 12.0 Å². The maximum absolute atomic E-state index is 3.42. The molecule has 1 saturated carbocycles. The standard InChI is InChI=1S/C9H17N.C2H6/c1-8-6-9(7-8)2-4-10-5-3-9;1-2/h8,10H,2-7H2,1H3;1-2H3. The lowest BCUT2D eigenvalue weighted by Gasteiger charge is -2.49. The summed E-state index contributed by atoms with van der Waals surface area (Å²) in [4.78, 5) is 0. The molecule has 1 heterocycles. The summed E-state index contributed by atoms with van der Waals surface area (Å²) in [7, 11) is 0. The van der Waals surface area contributed by atoms with Crippen molar-refractivity contribution in [1.82, 2.24) is 5.32 Å². The van der Waals surface area contributed by atoms with Crippen molar-refractivity contribution in [3.8, 4) is 0 Å². The molecule has 0 aromatic heterocycles. The quantitative estimate of drug-likeness (QED) is 0.588. The van der Waals surface area contributed by atoms with Gasteiger partial charge >= 0.3 is 0 Å². The maximum atomic E-state index is 3.42. The SMILES string of the molecule is CC.CC1CC2(CCNCC2)C1. The van der Waals surface area contributed by atoms with E-state index in [1.807, 2.05) is 13.8 Å². The van der Waals surface area contributed by atoms with Crippen LogP contribution in [-0.2, 0) is 0 Å². The van der Waals surface area contributed by atoms with Gasteiger partial charge in [0.1, 0.15) is 0 Å². The van der Waals surface area contributed by atoms with Crippen LogP contribution < -0.4 is 5.32 Å². The minimum atomic E-state index is 0.810. The van der Waals surface area contributed by atoms with Crippen LogP contribution in [-0.4, -0.2) is 13.1 Å². The summed E-state index contributed by atoms with van der Waals surface area (Å²) in [6, 6.07) is 0. The molecule has 1 N–H and O–H groups in total. The third-order valence-corrected chi connectivity index (χ3v) is 3.23. The minimum Gasteiger partial charge on any atom is -0.317 e. The Balaban J connectivity index is 0.000000336. The van der Waals surface area contributed by atoms with Crippen LogP contribution in [0.4, 0.5) is 0 Å². The Morgan fingerprint density at radius 2 is 1.58 bits per heavy atom. The molecule has 0 aromatic rings. The summed E-state index contributed by atoms with van der Waals surface area (Å²) in [5.74, 6) is 1.03. The molecule has 12 heavy (non-hydrogen) atoms. The van der Waals surface area contributed by atoms with Gasteiger partial charge in [0.15, 0.2) is 0 Å². The summed E-state index contributed by atoms with van der Waals surface area (Å²) < 4.78 is 0. The van der Waals surface area contributed by atoms with Gasteiger partial charge in [-0.25, -0.2) is 0 Å². The first-order valence-corrected chi connectivity index (χ1v) is 5.52. The fourth-order valence-corrected chi connectivity index (χ4v) is 2.78.